The van der Waals surface area contributed by atoms with Gasteiger partial charge in [0.1, 0.15) is 0 Å². The van der Waals surface area contributed by atoms with E-state index in [0.717, 1.165) is 5.39 Å². The van der Waals surface area contributed by atoms with Gasteiger partial charge in [-0.25, -0.2) is 0 Å². The van der Waals surface area contributed by atoms with Crippen molar-refractivity contribution in [3.63, 3.8) is 0 Å². The van der Waals surface area contributed by atoms with Crippen molar-refractivity contribution in [3.05, 3.63) is 34.5 Å². The fourth-order valence-electron chi connectivity index (χ4n) is 1.82. The van der Waals surface area contributed by atoms with Crippen LogP contribution in [0.2, 0.25) is 5.02 Å². The standard InChI is InChI=1S/C14H15ClN2O3/c1-8-9-5-4-6-10(15)13(9)20-12(8)14(19)16-7-11(18)17(2)3/h4-6H,7H2,1-3H3,(H,16,19). The van der Waals surface area contributed by atoms with Crippen LogP contribution in [0.15, 0.2) is 22.6 Å². The van der Waals surface area contributed by atoms with Crippen LogP contribution in [0.25, 0.3) is 11.0 Å². The highest BCUT2D eigenvalue weighted by atomic mass is 35.5. The van der Waals surface area contributed by atoms with Crippen molar-refractivity contribution in [2.75, 3.05) is 20.6 Å². The molecule has 0 saturated heterocycles. The molecule has 2 amide bonds. The highest BCUT2D eigenvalue weighted by molar-refractivity contribution is 6.35. The molecule has 0 fully saturated rings. The first-order valence-electron chi connectivity index (χ1n) is 6.07. The number of halogens is 1. The van der Waals surface area contributed by atoms with E-state index in [1.54, 1.807) is 33.2 Å². The number of rotatable bonds is 3. The number of likely N-dealkylation sites (N-methyl/N-ethyl adjacent to an activating group) is 1. The summed E-state index contributed by atoms with van der Waals surface area (Å²) in [6.45, 7) is 1.71. The molecule has 0 unspecified atom stereocenters. The van der Waals surface area contributed by atoms with E-state index in [2.05, 4.69) is 5.32 Å². The third-order valence-electron chi connectivity index (χ3n) is 3.02. The summed E-state index contributed by atoms with van der Waals surface area (Å²) in [6, 6.07) is 5.33. The van der Waals surface area contributed by atoms with Gasteiger partial charge in [0.25, 0.3) is 5.91 Å². The minimum absolute atomic E-state index is 0.0734. The molecule has 0 saturated carbocycles. The van der Waals surface area contributed by atoms with Gasteiger partial charge in [-0.05, 0) is 13.0 Å². The first-order valence-corrected chi connectivity index (χ1v) is 6.45. The average molecular weight is 295 g/mol. The number of nitrogens with one attached hydrogen (secondary N) is 1. The maximum absolute atomic E-state index is 12.1. The Hall–Kier alpha value is -2.01. The van der Waals surface area contributed by atoms with Crippen molar-refractivity contribution < 1.29 is 14.0 Å². The molecule has 0 aliphatic carbocycles. The normalized spacial score (nSPS) is 10.6. The van der Waals surface area contributed by atoms with E-state index in [-0.39, 0.29) is 18.2 Å². The fraction of sp³-hybridized carbons (Fsp3) is 0.286. The quantitative estimate of drug-likeness (QED) is 0.944. The molecule has 1 aromatic carbocycles. The number of furan rings is 1. The second-order valence-electron chi connectivity index (χ2n) is 4.64. The third-order valence-corrected chi connectivity index (χ3v) is 3.32. The van der Waals surface area contributed by atoms with Gasteiger partial charge in [0, 0.05) is 25.0 Å². The number of para-hydroxylation sites is 1. The maximum Gasteiger partial charge on any atom is 0.287 e. The Bertz CT molecular complexity index is 676. The van der Waals surface area contributed by atoms with Crippen molar-refractivity contribution in [3.8, 4) is 0 Å². The Kier molecular flexibility index (Phi) is 3.99. The van der Waals surface area contributed by atoms with Gasteiger partial charge in [0.15, 0.2) is 11.3 Å². The van der Waals surface area contributed by atoms with Crippen LogP contribution in [0.1, 0.15) is 16.1 Å². The highest BCUT2D eigenvalue weighted by Gasteiger charge is 2.19. The van der Waals surface area contributed by atoms with E-state index in [1.807, 2.05) is 6.07 Å². The Labute approximate surface area is 121 Å². The summed E-state index contributed by atoms with van der Waals surface area (Å²) in [7, 11) is 3.25. The fourth-order valence-corrected chi connectivity index (χ4v) is 2.03. The number of fused-ring (bicyclic) bond motifs is 1. The summed E-state index contributed by atoms with van der Waals surface area (Å²) in [5.41, 5.74) is 1.19. The largest absolute Gasteiger partial charge is 0.449 e. The van der Waals surface area contributed by atoms with Crippen molar-refractivity contribution in [2.45, 2.75) is 6.92 Å². The third kappa shape index (κ3) is 2.63. The number of carbonyl (C=O) groups is 2. The lowest BCUT2D eigenvalue weighted by Gasteiger charge is -2.10. The van der Waals surface area contributed by atoms with Crippen molar-refractivity contribution in [2.24, 2.45) is 0 Å². The number of hydrogen-bond acceptors (Lipinski definition) is 3. The minimum atomic E-state index is -0.426. The number of carbonyl (C=O) groups excluding carboxylic acids is 2. The second-order valence-corrected chi connectivity index (χ2v) is 5.05. The SMILES string of the molecule is Cc1c(C(=O)NCC(=O)N(C)C)oc2c(Cl)cccc12. The van der Waals surface area contributed by atoms with Crippen LogP contribution < -0.4 is 5.32 Å². The van der Waals surface area contributed by atoms with Crippen molar-refractivity contribution in [1.82, 2.24) is 10.2 Å². The van der Waals surface area contributed by atoms with Crippen LogP contribution in [0.3, 0.4) is 0 Å². The molecule has 0 radical (unpaired) electrons. The van der Waals surface area contributed by atoms with Crippen LogP contribution in [0.4, 0.5) is 0 Å². The van der Waals surface area contributed by atoms with Gasteiger partial charge in [0.05, 0.1) is 11.6 Å². The number of aryl methyl sites for hydroxylation is 1. The molecule has 5 nitrogen and oxygen atoms in total. The Morgan fingerprint density at radius 2 is 2.05 bits per heavy atom. The molecule has 2 rings (SSSR count). The predicted molar refractivity (Wildman–Crippen MR) is 77.0 cm³/mol. The summed E-state index contributed by atoms with van der Waals surface area (Å²) in [5.74, 6) is -0.435. The molecule has 1 N–H and O–H groups in total. The lowest BCUT2D eigenvalue weighted by atomic mass is 10.1. The van der Waals surface area contributed by atoms with Crippen LogP contribution in [0, 0.1) is 6.92 Å². The molecule has 1 heterocycles. The summed E-state index contributed by atoms with van der Waals surface area (Å²) < 4.78 is 5.52. The molecule has 0 aliphatic heterocycles. The van der Waals surface area contributed by atoms with Crippen LogP contribution in [0.5, 0.6) is 0 Å². The summed E-state index contributed by atoms with van der Waals surface area (Å²) in [5, 5.41) is 3.78. The molecule has 20 heavy (non-hydrogen) atoms. The summed E-state index contributed by atoms with van der Waals surface area (Å²) in [6.07, 6.45) is 0. The maximum atomic E-state index is 12.1. The van der Waals surface area contributed by atoms with E-state index >= 15 is 0 Å². The van der Waals surface area contributed by atoms with Crippen molar-refractivity contribution >= 4 is 34.4 Å². The van der Waals surface area contributed by atoms with Gasteiger partial charge in [-0.3, -0.25) is 9.59 Å². The molecule has 0 aliphatic rings. The molecule has 0 spiro atoms. The molecule has 2 aromatic rings. The lowest BCUT2D eigenvalue weighted by molar-refractivity contribution is -0.127. The zero-order chi connectivity index (χ0) is 14.9. The monoisotopic (exact) mass is 294 g/mol. The number of hydrogen-bond donors (Lipinski definition) is 1. The first kappa shape index (κ1) is 14.4. The van der Waals surface area contributed by atoms with Gasteiger partial charge in [-0.15, -0.1) is 0 Å². The van der Waals surface area contributed by atoms with E-state index < -0.39 is 5.91 Å². The van der Waals surface area contributed by atoms with Crippen LogP contribution in [-0.4, -0.2) is 37.4 Å². The van der Waals surface area contributed by atoms with E-state index in [9.17, 15) is 9.59 Å². The number of benzene rings is 1. The zero-order valence-electron chi connectivity index (χ0n) is 11.5. The number of nitrogens with zero attached hydrogens (tertiary/aromatic N) is 1. The Morgan fingerprint density at radius 1 is 1.35 bits per heavy atom. The van der Waals surface area contributed by atoms with Crippen LogP contribution in [-0.2, 0) is 4.79 Å². The molecule has 1 aromatic heterocycles. The van der Waals surface area contributed by atoms with Crippen molar-refractivity contribution in [1.29, 1.82) is 0 Å². The molecule has 0 bridgehead atoms. The second kappa shape index (κ2) is 5.54. The predicted octanol–water partition coefficient (Wildman–Crippen LogP) is 2.21. The van der Waals surface area contributed by atoms with Crippen LogP contribution >= 0.6 is 11.6 Å². The van der Waals surface area contributed by atoms with Gasteiger partial charge in [-0.1, -0.05) is 23.7 Å². The van der Waals surface area contributed by atoms with Gasteiger partial charge in [0.2, 0.25) is 5.91 Å². The average Bonchev–Trinajstić information content (AvgIpc) is 2.75. The smallest absolute Gasteiger partial charge is 0.287 e. The molecule has 106 valence electrons. The summed E-state index contributed by atoms with van der Waals surface area (Å²) >= 11 is 6.03. The Balaban J connectivity index is 2.25. The molecular formula is C14H15ClN2O3. The molecule has 0 atom stereocenters. The number of amides is 2. The Morgan fingerprint density at radius 3 is 2.65 bits per heavy atom. The van der Waals surface area contributed by atoms with Gasteiger partial charge in [-0.2, -0.15) is 0 Å². The van der Waals surface area contributed by atoms with E-state index in [1.165, 1.54) is 4.90 Å². The minimum Gasteiger partial charge on any atom is -0.449 e. The zero-order valence-corrected chi connectivity index (χ0v) is 12.2. The highest BCUT2D eigenvalue weighted by Crippen LogP contribution is 2.30. The van der Waals surface area contributed by atoms with Gasteiger partial charge >= 0.3 is 0 Å². The lowest BCUT2D eigenvalue weighted by Crippen LogP contribution is -2.36. The summed E-state index contributed by atoms with van der Waals surface area (Å²) in [4.78, 5) is 24.9. The molecule has 6 heteroatoms. The molecular weight excluding hydrogens is 280 g/mol. The van der Waals surface area contributed by atoms with Gasteiger partial charge < -0.3 is 14.6 Å². The topological polar surface area (TPSA) is 62.6 Å². The van der Waals surface area contributed by atoms with E-state index in [4.69, 9.17) is 16.0 Å². The van der Waals surface area contributed by atoms with E-state index in [0.29, 0.717) is 16.2 Å². The first-order chi connectivity index (χ1) is 9.41.